The summed E-state index contributed by atoms with van der Waals surface area (Å²) in [4.78, 5) is 5.20. The second-order valence-corrected chi connectivity index (χ2v) is 30.5. The molecule has 1 atom stereocenters. The summed E-state index contributed by atoms with van der Waals surface area (Å²) in [6.07, 6.45) is 1.83. The van der Waals surface area contributed by atoms with Crippen LogP contribution in [0.3, 0.4) is 0 Å². The summed E-state index contributed by atoms with van der Waals surface area (Å²) in [5, 5.41) is 18.8. The third-order valence-corrected chi connectivity index (χ3v) is 26.2. The molecular weight excluding hydrogens is 1190 g/mol. The van der Waals surface area contributed by atoms with E-state index in [4.69, 9.17) is 4.98 Å². The third kappa shape index (κ3) is 8.71. The van der Waals surface area contributed by atoms with Crippen LogP contribution in [0.4, 0.5) is 0 Å². The fraction of sp³-hybridized carbons (Fsp3) is 0.0111. The van der Waals surface area contributed by atoms with Crippen LogP contribution < -0.4 is 31.8 Å². The van der Waals surface area contributed by atoms with Crippen molar-refractivity contribution in [2.75, 3.05) is 0 Å². The molecule has 18 rings (SSSR count). The quantitative estimate of drug-likeness (QED) is 0.0958. The summed E-state index contributed by atoms with van der Waals surface area (Å²) in [5.41, 5.74) is 12.1. The number of benzene rings is 16. The van der Waals surface area contributed by atoms with Gasteiger partial charge in [0, 0.05) is 43.6 Å². The van der Waals surface area contributed by atoms with E-state index < -0.39 is 19.7 Å². The van der Waals surface area contributed by atoms with Crippen molar-refractivity contribution < 1.29 is 9.13 Å². The highest BCUT2D eigenvalue weighted by molar-refractivity contribution is 7.85. The van der Waals surface area contributed by atoms with Gasteiger partial charge in [-0.1, -0.05) is 315 Å². The van der Waals surface area contributed by atoms with E-state index in [-0.39, 0.29) is 0 Å². The van der Waals surface area contributed by atoms with Crippen LogP contribution in [0, 0.1) is 0 Å². The highest BCUT2D eigenvalue weighted by Crippen LogP contribution is 2.59. The molecule has 0 aliphatic heterocycles. The van der Waals surface area contributed by atoms with Crippen LogP contribution in [0.2, 0.25) is 0 Å². The van der Waals surface area contributed by atoms with E-state index in [9.17, 15) is 0 Å². The Kier molecular flexibility index (Phi) is 13.4. The predicted molar refractivity (Wildman–Crippen MR) is 402 cm³/mol. The zero-order valence-electron chi connectivity index (χ0n) is 51.7. The monoisotopic (exact) mass is 1250 g/mol. The zero-order chi connectivity index (χ0) is 63.2. The number of aromatic nitrogens is 1. The van der Waals surface area contributed by atoms with Crippen molar-refractivity contribution in [2.24, 2.45) is 0 Å². The number of pyridine rings is 1. The van der Waals surface area contributed by atoms with Gasteiger partial charge < -0.3 is 9.13 Å². The molecule has 0 bridgehead atoms. The molecule has 1 unspecified atom stereocenters. The first-order chi connectivity index (χ1) is 46.9. The minimum atomic E-state index is -3.46. The Bertz CT molecular complexity index is 5890. The minimum Gasteiger partial charge on any atom is -0.309 e. The van der Waals surface area contributed by atoms with Gasteiger partial charge in [0.05, 0.1) is 11.1 Å². The molecule has 0 N–H and O–H groups in total. The second-order valence-electron chi connectivity index (χ2n) is 25.0. The van der Waals surface area contributed by atoms with Crippen LogP contribution in [0.15, 0.2) is 358 Å². The smallest absolute Gasteiger partial charge is 0.172 e. The fourth-order valence-corrected chi connectivity index (χ4v) is 21.1. The third-order valence-electron chi connectivity index (χ3n) is 20.1. The maximum atomic E-state index is 16.7. The molecule has 0 amide bonds. The van der Waals surface area contributed by atoms with Gasteiger partial charge in [0.25, 0.3) is 0 Å². The number of hydrogen-bond acceptors (Lipinski definition) is 3. The molecule has 1 aliphatic carbocycles. The average Bonchev–Trinajstić information content (AvgIpc) is 1.56. The molecule has 5 heteroatoms. The van der Waals surface area contributed by atoms with E-state index in [0.717, 1.165) is 120 Å². The topological polar surface area (TPSA) is 47.0 Å². The molecule has 0 spiro atoms. The van der Waals surface area contributed by atoms with E-state index in [2.05, 4.69) is 218 Å². The van der Waals surface area contributed by atoms with Gasteiger partial charge in [-0.25, -0.2) is 0 Å². The van der Waals surface area contributed by atoms with Crippen LogP contribution in [-0.2, 0) is 14.5 Å². The highest BCUT2D eigenvalue weighted by atomic mass is 31.2. The van der Waals surface area contributed by atoms with Crippen LogP contribution in [0.1, 0.15) is 22.3 Å². The van der Waals surface area contributed by atoms with Crippen LogP contribution in [0.25, 0.3) is 109 Å². The first kappa shape index (κ1) is 56.4. The Balaban J connectivity index is 0.853. The second kappa shape index (κ2) is 22.5. The van der Waals surface area contributed by atoms with Crippen molar-refractivity contribution in [3.63, 3.8) is 0 Å². The lowest BCUT2D eigenvalue weighted by molar-refractivity contribution is 0.591. The summed E-state index contributed by atoms with van der Waals surface area (Å²) < 4.78 is 32.2. The van der Waals surface area contributed by atoms with Crippen molar-refractivity contribution in [1.82, 2.24) is 4.98 Å². The average molecular weight is 1250 g/mol. The normalized spacial score (nSPS) is 13.8. The van der Waals surface area contributed by atoms with Crippen molar-refractivity contribution >= 4 is 111 Å². The molecule has 0 fully saturated rings. The molecule has 16 aromatic carbocycles. The van der Waals surface area contributed by atoms with E-state index in [0.29, 0.717) is 5.30 Å². The maximum absolute atomic E-state index is 16.7. The summed E-state index contributed by atoms with van der Waals surface area (Å²) in [6.45, 7) is 0. The molecule has 446 valence electrons. The van der Waals surface area contributed by atoms with E-state index in [1.165, 1.54) is 37.9 Å². The van der Waals surface area contributed by atoms with Gasteiger partial charge in [-0.15, -0.1) is 0 Å². The molecule has 0 saturated heterocycles. The van der Waals surface area contributed by atoms with Gasteiger partial charge >= 0.3 is 0 Å². The molecule has 1 heterocycles. The summed E-state index contributed by atoms with van der Waals surface area (Å²) in [6, 6.07) is 124. The number of nitrogens with zero attached hydrogens (tertiary/aromatic N) is 1. The number of rotatable bonds is 11. The van der Waals surface area contributed by atoms with Gasteiger partial charge in [0.2, 0.25) is 0 Å². The first-order valence-electron chi connectivity index (χ1n) is 32.4. The largest absolute Gasteiger partial charge is 0.309 e. The van der Waals surface area contributed by atoms with Gasteiger partial charge in [-0.3, -0.25) is 4.98 Å². The molecule has 3 nitrogen and oxygen atoms in total. The standard InChI is InChI=1S/C90H59NO2P2/c92-94(65-29-8-2-9-30-65,66-31-10-3-11-32-66)69-49-53-78-77-51-48-62(71-43-23-44-80-74-38-17-16-37-72(74)73-39-20-21-42-79(73)88(71)80)57-85(77)90(86(78)58-69,63-26-6-1-7-27-63)64-28-22-25-60(55-64)61-47-52-82-84(56-61)76-41-19-18-40-75(76)81-45-24-46-83(89(81)82)87-54-50-70(59-91-87)95(93,67-33-12-4-13-34-67)68-35-14-5-15-36-68/h1-59H. The van der Waals surface area contributed by atoms with Crippen molar-refractivity contribution in [3.05, 3.63) is 380 Å². The first-order valence-corrected chi connectivity index (χ1v) is 35.9. The lowest BCUT2D eigenvalue weighted by Gasteiger charge is -2.35. The van der Waals surface area contributed by atoms with Crippen LogP contribution in [-0.4, -0.2) is 4.98 Å². The van der Waals surface area contributed by atoms with Crippen molar-refractivity contribution in [3.8, 4) is 44.6 Å². The van der Waals surface area contributed by atoms with Gasteiger partial charge in [-0.2, -0.15) is 0 Å². The molecule has 0 saturated carbocycles. The Labute approximate surface area is 551 Å². The number of fused-ring (bicyclic) bond motifs is 15. The van der Waals surface area contributed by atoms with Crippen molar-refractivity contribution in [1.29, 1.82) is 0 Å². The fourth-order valence-electron chi connectivity index (χ4n) is 15.9. The summed E-state index contributed by atoms with van der Waals surface area (Å²) in [7, 11) is -6.71. The zero-order valence-corrected chi connectivity index (χ0v) is 53.5. The highest BCUT2D eigenvalue weighted by Gasteiger charge is 2.48. The Morgan fingerprint density at radius 3 is 1.17 bits per heavy atom. The van der Waals surface area contributed by atoms with E-state index in [1.54, 1.807) is 0 Å². The maximum Gasteiger partial charge on any atom is 0.172 e. The SMILES string of the molecule is O=P(c1ccccc1)(c1ccccc1)c1ccc(-c2cccc3c4ccccc4c4cc(-c5cccc(C6(c7ccccc7)c7cc(-c8cccc9c%10ccccc%10c%10ccccc%10c89)ccc7-c7ccc(P(=O)(c8ccccc8)c8ccccc8)cc76)c5)ccc4c23)nc1. The molecule has 95 heavy (non-hydrogen) atoms. The van der Waals surface area contributed by atoms with Gasteiger partial charge in [0.15, 0.2) is 14.3 Å². The molecular formula is C90H59NO2P2. The van der Waals surface area contributed by atoms with Crippen LogP contribution >= 0.6 is 14.3 Å². The Morgan fingerprint density at radius 1 is 0.232 bits per heavy atom. The van der Waals surface area contributed by atoms with Crippen LogP contribution in [0.5, 0.6) is 0 Å². The lowest BCUT2D eigenvalue weighted by atomic mass is 9.67. The van der Waals surface area contributed by atoms with E-state index in [1.807, 2.05) is 140 Å². The minimum absolute atomic E-state index is 0.687. The molecule has 17 aromatic rings. The lowest BCUT2D eigenvalue weighted by Crippen LogP contribution is -2.31. The number of hydrogen-bond donors (Lipinski definition) is 0. The van der Waals surface area contributed by atoms with Gasteiger partial charge in [0.1, 0.15) is 0 Å². The molecule has 1 aliphatic rings. The Morgan fingerprint density at radius 2 is 0.621 bits per heavy atom. The predicted octanol–water partition coefficient (Wildman–Crippen LogP) is 20.6. The van der Waals surface area contributed by atoms with Gasteiger partial charge in [-0.05, 0) is 157 Å². The molecule has 1 aromatic heterocycles. The van der Waals surface area contributed by atoms with E-state index >= 15 is 9.13 Å². The molecule has 0 radical (unpaired) electrons. The van der Waals surface area contributed by atoms with Crippen molar-refractivity contribution in [2.45, 2.75) is 5.41 Å². The summed E-state index contributed by atoms with van der Waals surface area (Å²) >= 11 is 0. The Hall–Kier alpha value is -11.3. The summed E-state index contributed by atoms with van der Waals surface area (Å²) in [5.74, 6) is 0.